The van der Waals surface area contributed by atoms with Crippen LogP contribution >= 0.6 is 0 Å². The van der Waals surface area contributed by atoms with Crippen LogP contribution in [0.25, 0.3) is 0 Å². The third-order valence-electron chi connectivity index (χ3n) is 2.10. The summed E-state index contributed by atoms with van der Waals surface area (Å²) in [6.45, 7) is 6.48. The van der Waals surface area contributed by atoms with Crippen LogP contribution in [0.3, 0.4) is 0 Å². The van der Waals surface area contributed by atoms with Gasteiger partial charge in [-0.1, -0.05) is 13.8 Å². The standard InChI is InChI=1S/C8H15N3/c1-6(2)7(3)11-5-4-10-8(11)9/h4-7H,1-3H3,(H2,9,10). The topological polar surface area (TPSA) is 43.8 Å². The molecule has 0 amide bonds. The zero-order chi connectivity index (χ0) is 8.43. The minimum absolute atomic E-state index is 0.428. The van der Waals surface area contributed by atoms with Crippen molar-refractivity contribution in [1.29, 1.82) is 0 Å². The van der Waals surface area contributed by atoms with Crippen molar-refractivity contribution in [3.8, 4) is 0 Å². The summed E-state index contributed by atoms with van der Waals surface area (Å²) in [5.41, 5.74) is 5.63. The Labute approximate surface area is 67.2 Å². The molecule has 1 rings (SSSR count). The summed E-state index contributed by atoms with van der Waals surface area (Å²) in [7, 11) is 0. The fourth-order valence-electron chi connectivity index (χ4n) is 0.990. The first-order valence-electron chi connectivity index (χ1n) is 3.91. The molecule has 1 heterocycles. The normalized spacial score (nSPS) is 13.8. The largest absolute Gasteiger partial charge is 0.369 e. The number of nitrogen functional groups attached to an aromatic ring is 1. The van der Waals surface area contributed by atoms with Gasteiger partial charge in [0.05, 0.1) is 0 Å². The van der Waals surface area contributed by atoms with Crippen LogP contribution in [0.15, 0.2) is 12.4 Å². The molecule has 11 heavy (non-hydrogen) atoms. The van der Waals surface area contributed by atoms with Crippen molar-refractivity contribution in [2.75, 3.05) is 5.73 Å². The van der Waals surface area contributed by atoms with Crippen molar-refractivity contribution < 1.29 is 0 Å². The lowest BCUT2D eigenvalue weighted by atomic mass is 10.1. The van der Waals surface area contributed by atoms with Gasteiger partial charge >= 0.3 is 0 Å². The minimum Gasteiger partial charge on any atom is -0.369 e. The van der Waals surface area contributed by atoms with Gasteiger partial charge in [-0.2, -0.15) is 0 Å². The van der Waals surface area contributed by atoms with Gasteiger partial charge < -0.3 is 10.3 Å². The van der Waals surface area contributed by atoms with Crippen LogP contribution in [-0.4, -0.2) is 9.55 Å². The Morgan fingerprint density at radius 3 is 2.45 bits per heavy atom. The monoisotopic (exact) mass is 153 g/mol. The van der Waals surface area contributed by atoms with Crippen LogP contribution in [0.1, 0.15) is 26.8 Å². The highest BCUT2D eigenvalue weighted by molar-refractivity contribution is 5.17. The van der Waals surface area contributed by atoms with Crippen molar-refractivity contribution in [2.45, 2.75) is 26.8 Å². The van der Waals surface area contributed by atoms with Gasteiger partial charge in [0.2, 0.25) is 0 Å². The molecule has 3 heteroatoms. The van der Waals surface area contributed by atoms with Gasteiger partial charge in [0.1, 0.15) is 0 Å². The number of rotatable bonds is 2. The summed E-state index contributed by atoms with van der Waals surface area (Å²) in [5.74, 6) is 1.19. The molecule has 1 aromatic heterocycles. The smallest absolute Gasteiger partial charge is 0.200 e. The Hall–Kier alpha value is -0.990. The summed E-state index contributed by atoms with van der Waals surface area (Å²) in [5, 5.41) is 0. The molecule has 0 aromatic carbocycles. The summed E-state index contributed by atoms with van der Waals surface area (Å²) in [6.07, 6.45) is 3.65. The van der Waals surface area contributed by atoms with Crippen LogP contribution in [0.2, 0.25) is 0 Å². The number of hydrogen-bond donors (Lipinski definition) is 1. The average molecular weight is 153 g/mol. The molecule has 0 saturated carbocycles. The molecule has 1 aromatic rings. The molecular formula is C8H15N3. The summed E-state index contributed by atoms with van der Waals surface area (Å²) in [6, 6.07) is 0.428. The maximum atomic E-state index is 5.63. The minimum atomic E-state index is 0.428. The van der Waals surface area contributed by atoms with Crippen LogP contribution < -0.4 is 5.73 Å². The van der Waals surface area contributed by atoms with E-state index in [1.807, 2.05) is 10.8 Å². The first-order valence-corrected chi connectivity index (χ1v) is 3.91. The predicted molar refractivity (Wildman–Crippen MR) is 46.2 cm³/mol. The van der Waals surface area contributed by atoms with E-state index in [1.54, 1.807) is 6.20 Å². The third kappa shape index (κ3) is 1.53. The molecule has 0 radical (unpaired) electrons. The van der Waals surface area contributed by atoms with E-state index >= 15 is 0 Å². The molecule has 0 saturated heterocycles. The quantitative estimate of drug-likeness (QED) is 0.702. The second-order valence-electron chi connectivity index (χ2n) is 3.18. The van der Waals surface area contributed by atoms with E-state index in [-0.39, 0.29) is 0 Å². The fourth-order valence-corrected chi connectivity index (χ4v) is 0.990. The number of imidazole rings is 1. The average Bonchev–Trinajstić information content (AvgIpc) is 2.33. The Morgan fingerprint density at radius 2 is 2.09 bits per heavy atom. The Bertz CT molecular complexity index is 227. The SMILES string of the molecule is CC(C)C(C)n1ccnc1N. The highest BCUT2D eigenvalue weighted by Gasteiger charge is 2.10. The Kier molecular flexibility index (Phi) is 2.17. The zero-order valence-electron chi connectivity index (χ0n) is 7.28. The van der Waals surface area contributed by atoms with Crippen molar-refractivity contribution in [1.82, 2.24) is 9.55 Å². The number of nitrogens with two attached hydrogens (primary N) is 1. The molecule has 0 aliphatic heterocycles. The summed E-state index contributed by atoms with van der Waals surface area (Å²) in [4.78, 5) is 3.96. The van der Waals surface area contributed by atoms with Crippen LogP contribution in [-0.2, 0) is 0 Å². The van der Waals surface area contributed by atoms with Gasteiger partial charge in [-0.3, -0.25) is 0 Å². The van der Waals surface area contributed by atoms with Gasteiger partial charge in [0.25, 0.3) is 0 Å². The maximum absolute atomic E-state index is 5.63. The molecule has 62 valence electrons. The second kappa shape index (κ2) is 2.95. The lowest BCUT2D eigenvalue weighted by molar-refractivity contribution is 0.412. The van der Waals surface area contributed by atoms with E-state index in [0.29, 0.717) is 17.9 Å². The summed E-state index contributed by atoms with van der Waals surface area (Å²) < 4.78 is 1.99. The predicted octanol–water partition coefficient (Wildman–Crippen LogP) is 1.68. The molecule has 0 bridgehead atoms. The molecular weight excluding hydrogens is 138 g/mol. The second-order valence-corrected chi connectivity index (χ2v) is 3.18. The lowest BCUT2D eigenvalue weighted by Crippen LogP contribution is -2.12. The first kappa shape index (κ1) is 8.11. The molecule has 2 N–H and O–H groups in total. The number of nitrogens with zero attached hydrogens (tertiary/aromatic N) is 2. The van der Waals surface area contributed by atoms with Crippen molar-refractivity contribution in [3.63, 3.8) is 0 Å². The van der Waals surface area contributed by atoms with Crippen LogP contribution in [0.5, 0.6) is 0 Å². The molecule has 0 spiro atoms. The van der Waals surface area contributed by atoms with E-state index in [4.69, 9.17) is 5.73 Å². The van der Waals surface area contributed by atoms with Crippen LogP contribution in [0, 0.1) is 5.92 Å². The molecule has 1 unspecified atom stereocenters. The van der Waals surface area contributed by atoms with E-state index < -0.39 is 0 Å². The van der Waals surface area contributed by atoms with E-state index in [0.717, 1.165) is 0 Å². The first-order chi connectivity index (χ1) is 5.13. The Balaban J connectivity index is 2.84. The highest BCUT2D eigenvalue weighted by Crippen LogP contribution is 2.18. The Morgan fingerprint density at radius 1 is 1.45 bits per heavy atom. The molecule has 0 aliphatic rings. The molecule has 1 atom stereocenters. The van der Waals surface area contributed by atoms with Crippen molar-refractivity contribution in [2.24, 2.45) is 5.92 Å². The molecule has 0 fully saturated rings. The zero-order valence-corrected chi connectivity index (χ0v) is 7.28. The van der Waals surface area contributed by atoms with Gasteiger partial charge in [0.15, 0.2) is 5.95 Å². The molecule has 0 aliphatic carbocycles. The van der Waals surface area contributed by atoms with E-state index in [2.05, 4.69) is 25.8 Å². The van der Waals surface area contributed by atoms with Gasteiger partial charge in [-0.25, -0.2) is 4.98 Å². The molecule has 3 nitrogen and oxygen atoms in total. The van der Waals surface area contributed by atoms with E-state index in [9.17, 15) is 0 Å². The number of anilines is 1. The third-order valence-corrected chi connectivity index (χ3v) is 2.10. The van der Waals surface area contributed by atoms with Crippen LogP contribution in [0.4, 0.5) is 5.95 Å². The van der Waals surface area contributed by atoms with Gasteiger partial charge in [-0.05, 0) is 12.8 Å². The van der Waals surface area contributed by atoms with Crippen molar-refractivity contribution in [3.05, 3.63) is 12.4 Å². The van der Waals surface area contributed by atoms with Gasteiger partial charge in [-0.15, -0.1) is 0 Å². The fraction of sp³-hybridized carbons (Fsp3) is 0.625. The number of hydrogen-bond acceptors (Lipinski definition) is 2. The summed E-state index contributed by atoms with van der Waals surface area (Å²) >= 11 is 0. The van der Waals surface area contributed by atoms with Crippen molar-refractivity contribution >= 4 is 5.95 Å². The number of aromatic nitrogens is 2. The lowest BCUT2D eigenvalue weighted by Gasteiger charge is -2.17. The van der Waals surface area contributed by atoms with E-state index in [1.165, 1.54) is 0 Å². The maximum Gasteiger partial charge on any atom is 0.200 e. The van der Waals surface area contributed by atoms with Gasteiger partial charge in [0, 0.05) is 18.4 Å². The highest BCUT2D eigenvalue weighted by atomic mass is 15.2.